The molecule has 3 rings (SSSR count). The van der Waals surface area contributed by atoms with Crippen LogP contribution in [0.2, 0.25) is 0 Å². The van der Waals surface area contributed by atoms with Crippen molar-refractivity contribution in [2.75, 3.05) is 0 Å². The van der Waals surface area contributed by atoms with Gasteiger partial charge >= 0.3 is 0 Å². The van der Waals surface area contributed by atoms with Gasteiger partial charge in [0, 0.05) is 37.1 Å². The van der Waals surface area contributed by atoms with Crippen molar-refractivity contribution in [2.45, 2.75) is 19.4 Å². The lowest BCUT2D eigenvalue weighted by Crippen LogP contribution is -2.30. The number of aryl methyl sites for hydroxylation is 2. The number of hydrazine groups is 1. The Balaban J connectivity index is 1.95. The first kappa shape index (κ1) is 12.8. The van der Waals surface area contributed by atoms with E-state index >= 15 is 0 Å². The fourth-order valence-corrected chi connectivity index (χ4v) is 2.44. The van der Waals surface area contributed by atoms with Crippen LogP contribution in [0.25, 0.3) is 5.52 Å². The zero-order valence-corrected chi connectivity index (χ0v) is 11.5. The number of rotatable bonds is 4. The van der Waals surface area contributed by atoms with E-state index in [9.17, 15) is 0 Å². The quantitative estimate of drug-likeness (QED) is 0.533. The fourth-order valence-electron chi connectivity index (χ4n) is 2.44. The number of aromatic nitrogens is 5. The Morgan fingerprint density at radius 3 is 2.95 bits per heavy atom. The van der Waals surface area contributed by atoms with Crippen LogP contribution in [0.3, 0.4) is 0 Å². The highest BCUT2D eigenvalue weighted by Gasteiger charge is 2.17. The Morgan fingerprint density at radius 1 is 1.40 bits per heavy atom. The highest BCUT2D eigenvalue weighted by atomic mass is 15.3. The summed E-state index contributed by atoms with van der Waals surface area (Å²) in [7, 11) is 1.94. The standard InChI is InChI=1S/C13H17N7/c1-9-5-10(19(2)18-9)6-12(17-14)11-7-16-20-4-3-15-8-13(11)20/h3-5,7-8,12,17H,6,14H2,1-2H3. The molecule has 3 heterocycles. The van der Waals surface area contributed by atoms with Gasteiger partial charge in [-0.05, 0) is 13.0 Å². The highest BCUT2D eigenvalue weighted by molar-refractivity contribution is 5.53. The van der Waals surface area contributed by atoms with Crippen molar-refractivity contribution in [1.82, 2.24) is 29.8 Å². The van der Waals surface area contributed by atoms with Gasteiger partial charge in [0.25, 0.3) is 0 Å². The maximum atomic E-state index is 5.72. The van der Waals surface area contributed by atoms with Gasteiger partial charge in [-0.25, -0.2) is 4.52 Å². The first-order valence-electron chi connectivity index (χ1n) is 6.42. The average molecular weight is 271 g/mol. The largest absolute Gasteiger partial charge is 0.272 e. The summed E-state index contributed by atoms with van der Waals surface area (Å²) >= 11 is 0. The molecule has 0 saturated heterocycles. The molecule has 0 saturated carbocycles. The van der Waals surface area contributed by atoms with Crippen LogP contribution in [-0.4, -0.2) is 24.4 Å². The minimum absolute atomic E-state index is 0.0356. The van der Waals surface area contributed by atoms with Gasteiger partial charge in [0.05, 0.1) is 29.6 Å². The molecule has 0 amide bonds. The number of fused-ring (bicyclic) bond motifs is 1. The monoisotopic (exact) mass is 271 g/mol. The van der Waals surface area contributed by atoms with Crippen molar-refractivity contribution in [2.24, 2.45) is 12.9 Å². The lowest BCUT2D eigenvalue weighted by Gasteiger charge is -2.14. The first-order chi connectivity index (χ1) is 9.69. The molecule has 104 valence electrons. The van der Waals surface area contributed by atoms with Gasteiger partial charge in [0.1, 0.15) is 0 Å². The Labute approximate surface area is 116 Å². The molecule has 3 aromatic heterocycles. The average Bonchev–Trinajstić information content (AvgIpc) is 3.00. The molecule has 0 radical (unpaired) electrons. The summed E-state index contributed by atoms with van der Waals surface area (Å²) in [6, 6.07) is 2.03. The summed E-state index contributed by atoms with van der Waals surface area (Å²) in [4.78, 5) is 4.14. The van der Waals surface area contributed by atoms with Crippen LogP contribution in [-0.2, 0) is 13.5 Å². The Kier molecular flexibility index (Phi) is 3.21. The highest BCUT2D eigenvalue weighted by Crippen LogP contribution is 2.21. The van der Waals surface area contributed by atoms with E-state index in [4.69, 9.17) is 5.84 Å². The number of nitrogens with zero attached hydrogens (tertiary/aromatic N) is 5. The summed E-state index contributed by atoms with van der Waals surface area (Å²) in [6.07, 6.45) is 7.88. The minimum atomic E-state index is -0.0356. The summed E-state index contributed by atoms with van der Waals surface area (Å²) in [5.74, 6) is 5.72. The van der Waals surface area contributed by atoms with Gasteiger partial charge in [0.2, 0.25) is 0 Å². The van der Waals surface area contributed by atoms with Gasteiger partial charge in [-0.1, -0.05) is 0 Å². The maximum Gasteiger partial charge on any atom is 0.0893 e. The Hall–Kier alpha value is -2.25. The van der Waals surface area contributed by atoms with Crippen molar-refractivity contribution in [1.29, 1.82) is 0 Å². The van der Waals surface area contributed by atoms with Crippen LogP contribution in [0.5, 0.6) is 0 Å². The van der Waals surface area contributed by atoms with Crippen molar-refractivity contribution in [3.05, 3.63) is 47.8 Å². The lowest BCUT2D eigenvalue weighted by atomic mass is 10.0. The molecule has 0 spiro atoms. The van der Waals surface area contributed by atoms with E-state index in [1.165, 1.54) is 0 Å². The summed E-state index contributed by atoms with van der Waals surface area (Å²) in [5.41, 5.74) is 6.96. The van der Waals surface area contributed by atoms with E-state index in [1.807, 2.05) is 31.0 Å². The van der Waals surface area contributed by atoms with Crippen LogP contribution < -0.4 is 11.3 Å². The number of hydrogen-bond donors (Lipinski definition) is 2. The van der Waals surface area contributed by atoms with E-state index in [0.717, 1.165) is 28.9 Å². The molecule has 1 atom stereocenters. The number of nitrogens with two attached hydrogens (primary N) is 1. The van der Waals surface area contributed by atoms with Gasteiger partial charge in [-0.2, -0.15) is 10.2 Å². The second kappa shape index (κ2) is 5.03. The molecule has 0 bridgehead atoms. The molecular weight excluding hydrogens is 254 g/mol. The molecule has 0 aliphatic rings. The summed E-state index contributed by atoms with van der Waals surface area (Å²) < 4.78 is 3.67. The summed E-state index contributed by atoms with van der Waals surface area (Å²) in [6.45, 7) is 1.98. The van der Waals surface area contributed by atoms with Crippen molar-refractivity contribution < 1.29 is 0 Å². The fraction of sp³-hybridized carbons (Fsp3) is 0.308. The normalized spacial score (nSPS) is 12.9. The summed E-state index contributed by atoms with van der Waals surface area (Å²) in [5, 5.41) is 8.67. The molecular formula is C13H17N7. The van der Waals surface area contributed by atoms with E-state index in [0.29, 0.717) is 0 Å². The molecule has 20 heavy (non-hydrogen) atoms. The topological polar surface area (TPSA) is 86.1 Å². The molecule has 3 aromatic rings. The van der Waals surface area contributed by atoms with Gasteiger partial charge in [0.15, 0.2) is 0 Å². The van der Waals surface area contributed by atoms with Crippen LogP contribution in [0.15, 0.2) is 30.9 Å². The molecule has 0 fully saturated rings. The van der Waals surface area contributed by atoms with Gasteiger partial charge in [-0.3, -0.25) is 20.9 Å². The third kappa shape index (κ3) is 2.17. The van der Waals surface area contributed by atoms with Crippen molar-refractivity contribution >= 4 is 5.52 Å². The molecule has 3 N–H and O–H groups in total. The smallest absolute Gasteiger partial charge is 0.0893 e. The molecule has 0 aromatic carbocycles. The third-order valence-electron chi connectivity index (χ3n) is 3.44. The molecule has 0 aliphatic heterocycles. The van der Waals surface area contributed by atoms with E-state index < -0.39 is 0 Å². The van der Waals surface area contributed by atoms with Gasteiger partial charge in [-0.15, -0.1) is 0 Å². The van der Waals surface area contributed by atoms with Gasteiger partial charge < -0.3 is 0 Å². The van der Waals surface area contributed by atoms with E-state index in [2.05, 4.69) is 26.7 Å². The maximum absolute atomic E-state index is 5.72. The van der Waals surface area contributed by atoms with Crippen LogP contribution in [0.4, 0.5) is 0 Å². The van der Waals surface area contributed by atoms with Crippen LogP contribution in [0, 0.1) is 6.92 Å². The first-order valence-corrected chi connectivity index (χ1v) is 6.42. The molecule has 1 unspecified atom stereocenters. The second-order valence-corrected chi connectivity index (χ2v) is 4.83. The molecule has 0 aliphatic carbocycles. The second-order valence-electron chi connectivity index (χ2n) is 4.83. The van der Waals surface area contributed by atoms with E-state index in [1.54, 1.807) is 16.9 Å². The van der Waals surface area contributed by atoms with Crippen molar-refractivity contribution in [3.63, 3.8) is 0 Å². The predicted molar refractivity (Wildman–Crippen MR) is 74.7 cm³/mol. The zero-order chi connectivity index (χ0) is 14.1. The SMILES string of the molecule is Cc1cc(CC(NN)c2cnn3ccncc23)n(C)n1. The minimum Gasteiger partial charge on any atom is -0.272 e. The van der Waals surface area contributed by atoms with E-state index in [-0.39, 0.29) is 6.04 Å². The number of hydrogen-bond acceptors (Lipinski definition) is 5. The van der Waals surface area contributed by atoms with Crippen LogP contribution >= 0.6 is 0 Å². The predicted octanol–water partition coefficient (Wildman–Crippen LogP) is 0.518. The number of nitrogens with one attached hydrogen (secondary N) is 1. The Bertz CT molecular complexity index is 727. The van der Waals surface area contributed by atoms with Crippen LogP contribution in [0.1, 0.15) is 23.0 Å². The third-order valence-corrected chi connectivity index (χ3v) is 3.44. The lowest BCUT2D eigenvalue weighted by molar-refractivity contribution is 0.533. The zero-order valence-electron chi connectivity index (χ0n) is 11.5. The van der Waals surface area contributed by atoms with Crippen molar-refractivity contribution in [3.8, 4) is 0 Å². The Morgan fingerprint density at radius 2 is 2.25 bits per heavy atom. The molecule has 7 nitrogen and oxygen atoms in total. The molecule has 7 heteroatoms.